The highest BCUT2D eigenvalue weighted by Gasteiger charge is 2.13. The van der Waals surface area contributed by atoms with Crippen molar-refractivity contribution in [2.75, 3.05) is 19.0 Å². The van der Waals surface area contributed by atoms with Crippen LogP contribution in [0, 0.1) is 6.92 Å². The van der Waals surface area contributed by atoms with Crippen LogP contribution in [0.2, 0.25) is 0 Å². The molecule has 0 aliphatic carbocycles. The number of benzene rings is 3. The second-order valence-corrected chi connectivity index (χ2v) is 7.22. The number of fused-ring (bicyclic) bond motifs is 1. The van der Waals surface area contributed by atoms with E-state index in [4.69, 9.17) is 14.5 Å². The van der Waals surface area contributed by atoms with Crippen molar-refractivity contribution in [2.45, 2.75) is 13.8 Å². The summed E-state index contributed by atoms with van der Waals surface area (Å²) >= 11 is 0. The Morgan fingerprint density at radius 3 is 2.55 bits per heavy atom. The Morgan fingerprint density at radius 1 is 1.00 bits per heavy atom. The van der Waals surface area contributed by atoms with E-state index in [-0.39, 0.29) is 5.91 Å². The first-order valence-corrected chi connectivity index (χ1v) is 10.2. The molecule has 0 bridgehead atoms. The van der Waals surface area contributed by atoms with Crippen molar-refractivity contribution in [1.29, 1.82) is 0 Å². The van der Waals surface area contributed by atoms with E-state index in [1.54, 1.807) is 13.2 Å². The number of carbonyl (C=O) groups excluding carboxylic acids is 1. The number of nitrogens with one attached hydrogen (secondary N) is 1. The molecule has 0 unspecified atom stereocenters. The summed E-state index contributed by atoms with van der Waals surface area (Å²) in [6, 6.07) is 22.8. The number of anilines is 1. The van der Waals surface area contributed by atoms with Gasteiger partial charge in [0.25, 0.3) is 5.91 Å². The molecule has 156 valence electrons. The molecule has 4 rings (SSSR count). The van der Waals surface area contributed by atoms with E-state index in [1.165, 1.54) is 0 Å². The summed E-state index contributed by atoms with van der Waals surface area (Å²) in [5, 5.41) is 3.73. The Kier molecular flexibility index (Phi) is 5.85. The van der Waals surface area contributed by atoms with E-state index in [2.05, 4.69) is 5.32 Å². The molecule has 0 aliphatic rings. The topological polar surface area (TPSA) is 60.5 Å². The summed E-state index contributed by atoms with van der Waals surface area (Å²) in [6.45, 7) is 4.46. The zero-order valence-corrected chi connectivity index (χ0v) is 17.8. The van der Waals surface area contributed by atoms with Crippen LogP contribution in [0.5, 0.6) is 11.5 Å². The summed E-state index contributed by atoms with van der Waals surface area (Å²) in [6.07, 6.45) is 0. The second kappa shape index (κ2) is 8.88. The van der Waals surface area contributed by atoms with Crippen LogP contribution in [-0.2, 0) is 0 Å². The Bertz CT molecular complexity index is 1230. The van der Waals surface area contributed by atoms with Gasteiger partial charge in [0, 0.05) is 28.3 Å². The molecule has 0 radical (unpaired) electrons. The number of aromatic nitrogens is 1. The molecule has 31 heavy (non-hydrogen) atoms. The number of hydrogen-bond acceptors (Lipinski definition) is 4. The van der Waals surface area contributed by atoms with Gasteiger partial charge in [-0.05, 0) is 56.3 Å². The third kappa shape index (κ3) is 4.51. The molecule has 0 spiro atoms. The van der Waals surface area contributed by atoms with Crippen LogP contribution in [0.15, 0.2) is 72.8 Å². The van der Waals surface area contributed by atoms with Gasteiger partial charge in [-0.2, -0.15) is 0 Å². The van der Waals surface area contributed by atoms with Crippen LogP contribution in [-0.4, -0.2) is 24.6 Å². The minimum Gasteiger partial charge on any atom is -0.497 e. The smallest absolute Gasteiger partial charge is 0.255 e. The van der Waals surface area contributed by atoms with Gasteiger partial charge in [-0.3, -0.25) is 4.79 Å². The highest BCUT2D eigenvalue weighted by molar-refractivity contribution is 6.07. The third-order valence-electron chi connectivity index (χ3n) is 5.01. The van der Waals surface area contributed by atoms with E-state index in [0.717, 1.165) is 39.2 Å². The van der Waals surface area contributed by atoms with Gasteiger partial charge < -0.3 is 14.8 Å². The van der Waals surface area contributed by atoms with E-state index in [9.17, 15) is 4.79 Å². The van der Waals surface area contributed by atoms with Crippen molar-refractivity contribution in [3.63, 3.8) is 0 Å². The lowest BCUT2D eigenvalue weighted by atomic mass is 10.1. The van der Waals surface area contributed by atoms with Crippen LogP contribution < -0.4 is 14.8 Å². The maximum absolute atomic E-state index is 12.8. The fraction of sp³-hybridized carbons (Fsp3) is 0.154. The van der Waals surface area contributed by atoms with Crippen LogP contribution in [0.3, 0.4) is 0 Å². The molecule has 1 aromatic heterocycles. The number of amides is 1. The number of methoxy groups -OCH3 is 1. The van der Waals surface area contributed by atoms with Crippen molar-refractivity contribution < 1.29 is 14.3 Å². The number of pyridine rings is 1. The van der Waals surface area contributed by atoms with Gasteiger partial charge in [-0.25, -0.2) is 4.98 Å². The molecule has 0 aliphatic heterocycles. The molecular weight excluding hydrogens is 388 g/mol. The minimum absolute atomic E-state index is 0.176. The number of carbonyl (C=O) groups is 1. The first-order chi connectivity index (χ1) is 15.1. The molecule has 0 saturated carbocycles. The summed E-state index contributed by atoms with van der Waals surface area (Å²) in [5.41, 5.74) is 4.92. The summed E-state index contributed by atoms with van der Waals surface area (Å²) in [4.78, 5) is 17.6. The number of hydrogen-bond donors (Lipinski definition) is 1. The summed E-state index contributed by atoms with van der Waals surface area (Å²) in [5.74, 6) is 1.28. The zero-order chi connectivity index (χ0) is 21.8. The second-order valence-electron chi connectivity index (χ2n) is 7.22. The predicted octanol–water partition coefficient (Wildman–Crippen LogP) is 5.87. The summed E-state index contributed by atoms with van der Waals surface area (Å²) in [7, 11) is 1.64. The maximum atomic E-state index is 12.8. The largest absolute Gasteiger partial charge is 0.497 e. The predicted molar refractivity (Wildman–Crippen MR) is 124 cm³/mol. The minimum atomic E-state index is -0.176. The van der Waals surface area contributed by atoms with Gasteiger partial charge >= 0.3 is 0 Å². The number of rotatable bonds is 6. The van der Waals surface area contributed by atoms with Gasteiger partial charge in [0.1, 0.15) is 11.5 Å². The van der Waals surface area contributed by atoms with Crippen LogP contribution in [0.25, 0.3) is 22.2 Å². The Morgan fingerprint density at radius 2 is 1.81 bits per heavy atom. The molecule has 1 amide bonds. The Hall–Kier alpha value is -3.86. The average molecular weight is 412 g/mol. The van der Waals surface area contributed by atoms with Gasteiger partial charge in [0.15, 0.2) is 0 Å². The maximum Gasteiger partial charge on any atom is 0.255 e. The highest BCUT2D eigenvalue weighted by Crippen LogP contribution is 2.32. The van der Waals surface area contributed by atoms with Crippen molar-refractivity contribution >= 4 is 22.5 Å². The lowest BCUT2D eigenvalue weighted by Crippen LogP contribution is -2.11. The van der Waals surface area contributed by atoms with Crippen LogP contribution in [0.1, 0.15) is 22.8 Å². The Labute approximate surface area is 181 Å². The van der Waals surface area contributed by atoms with Crippen molar-refractivity contribution in [3.05, 3.63) is 83.9 Å². The SMILES string of the molecule is CCOc1cc(-c2cccc(OC)c2)nc2ccc(C(=O)Nc3ccc(C)cc3)cc12. The molecule has 0 fully saturated rings. The fourth-order valence-electron chi connectivity index (χ4n) is 3.38. The molecule has 0 atom stereocenters. The van der Waals surface area contributed by atoms with E-state index < -0.39 is 0 Å². The van der Waals surface area contributed by atoms with Crippen molar-refractivity contribution in [2.24, 2.45) is 0 Å². The standard InChI is InChI=1S/C26H24N2O3/c1-4-31-25-16-24(18-6-5-7-21(14-18)30-3)28-23-13-10-19(15-22(23)25)26(29)27-20-11-8-17(2)9-12-20/h5-16H,4H2,1-3H3,(H,27,29). The quantitative estimate of drug-likeness (QED) is 0.430. The average Bonchev–Trinajstić information content (AvgIpc) is 2.80. The number of nitrogens with zero attached hydrogens (tertiary/aromatic N) is 1. The first kappa shape index (κ1) is 20.4. The molecular formula is C26H24N2O3. The fourth-order valence-corrected chi connectivity index (χ4v) is 3.38. The van der Waals surface area contributed by atoms with Crippen LogP contribution in [0.4, 0.5) is 5.69 Å². The van der Waals surface area contributed by atoms with Crippen LogP contribution >= 0.6 is 0 Å². The number of ether oxygens (including phenoxy) is 2. The first-order valence-electron chi connectivity index (χ1n) is 10.2. The van der Waals surface area contributed by atoms with Gasteiger partial charge in [0.2, 0.25) is 0 Å². The van der Waals surface area contributed by atoms with E-state index >= 15 is 0 Å². The summed E-state index contributed by atoms with van der Waals surface area (Å²) < 4.78 is 11.2. The molecule has 3 aromatic carbocycles. The highest BCUT2D eigenvalue weighted by atomic mass is 16.5. The normalized spacial score (nSPS) is 10.7. The monoisotopic (exact) mass is 412 g/mol. The molecule has 0 saturated heterocycles. The molecule has 5 heteroatoms. The number of aryl methyl sites for hydroxylation is 1. The van der Waals surface area contributed by atoms with Gasteiger partial charge in [0.05, 0.1) is 24.9 Å². The lowest BCUT2D eigenvalue weighted by molar-refractivity contribution is 0.102. The van der Waals surface area contributed by atoms with E-state index in [0.29, 0.717) is 17.9 Å². The van der Waals surface area contributed by atoms with Gasteiger partial charge in [-0.1, -0.05) is 29.8 Å². The third-order valence-corrected chi connectivity index (χ3v) is 5.01. The Balaban J connectivity index is 1.72. The lowest BCUT2D eigenvalue weighted by Gasteiger charge is -2.12. The van der Waals surface area contributed by atoms with Gasteiger partial charge in [-0.15, -0.1) is 0 Å². The molecule has 1 N–H and O–H groups in total. The van der Waals surface area contributed by atoms with E-state index in [1.807, 2.05) is 80.6 Å². The van der Waals surface area contributed by atoms with Crippen molar-refractivity contribution in [1.82, 2.24) is 4.98 Å². The van der Waals surface area contributed by atoms with Crippen molar-refractivity contribution in [3.8, 4) is 22.8 Å². The molecule has 1 heterocycles. The molecule has 5 nitrogen and oxygen atoms in total. The zero-order valence-electron chi connectivity index (χ0n) is 17.8. The molecule has 4 aromatic rings.